The molecule has 3 aromatic rings. The molecule has 0 saturated carbocycles. The SMILES string of the molecule is CC1CN(S(=O)(=O)CCNC(=O)c2cc(-c3ccco3)n(-c3ccc(Cl)cc3)n2)CC(C)O1. The molecule has 2 atom stereocenters. The van der Waals surface area contributed by atoms with Crippen molar-refractivity contribution in [2.45, 2.75) is 26.1 Å². The molecular formula is C22H25ClN4O5S. The Labute approximate surface area is 197 Å². The van der Waals surface area contributed by atoms with Crippen molar-refractivity contribution < 1.29 is 22.4 Å². The highest BCUT2D eigenvalue weighted by atomic mass is 35.5. The minimum atomic E-state index is -3.53. The van der Waals surface area contributed by atoms with Gasteiger partial charge in [-0.05, 0) is 50.2 Å². The smallest absolute Gasteiger partial charge is 0.271 e. The van der Waals surface area contributed by atoms with Gasteiger partial charge in [-0.15, -0.1) is 0 Å². The van der Waals surface area contributed by atoms with Gasteiger partial charge in [0.25, 0.3) is 5.91 Å². The van der Waals surface area contributed by atoms with E-state index in [9.17, 15) is 13.2 Å². The Morgan fingerprint density at radius 2 is 1.88 bits per heavy atom. The zero-order chi connectivity index (χ0) is 23.6. The van der Waals surface area contributed by atoms with Gasteiger partial charge in [0, 0.05) is 30.7 Å². The second-order valence-corrected chi connectivity index (χ2v) is 10.5. The van der Waals surface area contributed by atoms with E-state index in [1.54, 1.807) is 47.1 Å². The number of sulfonamides is 1. The molecule has 1 fully saturated rings. The van der Waals surface area contributed by atoms with E-state index in [-0.39, 0.29) is 30.2 Å². The molecule has 0 spiro atoms. The first-order chi connectivity index (χ1) is 15.7. The van der Waals surface area contributed by atoms with Gasteiger partial charge in [-0.3, -0.25) is 4.79 Å². The number of hydrogen-bond donors (Lipinski definition) is 1. The van der Waals surface area contributed by atoms with Crippen LogP contribution in [-0.2, 0) is 14.8 Å². The summed E-state index contributed by atoms with van der Waals surface area (Å²) in [6, 6.07) is 12.1. The first-order valence-electron chi connectivity index (χ1n) is 10.5. The van der Waals surface area contributed by atoms with Crippen molar-refractivity contribution in [1.82, 2.24) is 19.4 Å². The van der Waals surface area contributed by atoms with Gasteiger partial charge >= 0.3 is 0 Å². The van der Waals surface area contributed by atoms with E-state index in [2.05, 4.69) is 10.4 Å². The van der Waals surface area contributed by atoms with Gasteiger partial charge < -0.3 is 14.5 Å². The fraction of sp³-hybridized carbons (Fsp3) is 0.364. The molecule has 9 nitrogen and oxygen atoms in total. The standard InChI is InChI=1S/C22H25ClN4O5S/c1-15-13-26(14-16(2)32-15)33(29,30)11-9-24-22(28)19-12-20(21-4-3-10-31-21)27(25-19)18-7-5-17(23)6-8-18/h3-8,10,12,15-16H,9,11,13-14H2,1-2H3,(H,24,28). The highest BCUT2D eigenvalue weighted by Gasteiger charge is 2.30. The van der Waals surface area contributed by atoms with Gasteiger partial charge in [-0.2, -0.15) is 9.40 Å². The predicted octanol–water partition coefficient (Wildman–Crippen LogP) is 2.95. The van der Waals surface area contributed by atoms with E-state index >= 15 is 0 Å². The van der Waals surface area contributed by atoms with E-state index in [0.717, 1.165) is 0 Å². The van der Waals surface area contributed by atoms with Gasteiger partial charge in [-0.1, -0.05) is 11.6 Å². The van der Waals surface area contributed by atoms with E-state index in [1.165, 1.54) is 10.6 Å². The Bertz CT molecular complexity index is 1200. The third kappa shape index (κ3) is 5.47. The van der Waals surface area contributed by atoms with Crippen LogP contribution in [0.15, 0.2) is 53.1 Å². The van der Waals surface area contributed by atoms with Crippen molar-refractivity contribution in [1.29, 1.82) is 0 Å². The number of hydrogen-bond acceptors (Lipinski definition) is 6. The summed E-state index contributed by atoms with van der Waals surface area (Å²) in [7, 11) is -3.53. The molecule has 2 aromatic heterocycles. The van der Waals surface area contributed by atoms with Crippen LogP contribution in [0.2, 0.25) is 5.02 Å². The fourth-order valence-electron chi connectivity index (χ4n) is 3.74. The average molecular weight is 493 g/mol. The van der Waals surface area contributed by atoms with Crippen molar-refractivity contribution in [3.05, 3.63) is 59.4 Å². The summed E-state index contributed by atoms with van der Waals surface area (Å²) in [5, 5.41) is 7.65. The third-order valence-electron chi connectivity index (χ3n) is 5.21. The van der Waals surface area contributed by atoms with Gasteiger partial charge in [-0.25, -0.2) is 13.1 Å². The Morgan fingerprint density at radius 3 is 2.52 bits per heavy atom. The molecule has 1 N–H and O–H groups in total. The number of aromatic nitrogens is 2. The molecule has 1 aliphatic rings. The second-order valence-electron chi connectivity index (χ2n) is 7.93. The predicted molar refractivity (Wildman–Crippen MR) is 124 cm³/mol. The van der Waals surface area contributed by atoms with Crippen LogP contribution in [-0.4, -0.2) is 66.0 Å². The molecular weight excluding hydrogens is 468 g/mol. The van der Waals surface area contributed by atoms with Crippen LogP contribution < -0.4 is 5.32 Å². The zero-order valence-electron chi connectivity index (χ0n) is 18.3. The minimum absolute atomic E-state index is 0.0365. The number of carbonyl (C=O) groups is 1. The number of carbonyl (C=O) groups excluding carboxylic acids is 1. The Morgan fingerprint density at radius 1 is 1.18 bits per heavy atom. The van der Waals surface area contributed by atoms with Crippen LogP contribution in [0.5, 0.6) is 0 Å². The third-order valence-corrected chi connectivity index (χ3v) is 7.27. The molecule has 3 heterocycles. The van der Waals surface area contributed by atoms with Crippen LogP contribution in [0.1, 0.15) is 24.3 Å². The quantitative estimate of drug-likeness (QED) is 0.543. The summed E-state index contributed by atoms with van der Waals surface area (Å²) in [4.78, 5) is 12.8. The van der Waals surface area contributed by atoms with E-state index in [4.69, 9.17) is 20.8 Å². The molecule has 11 heteroatoms. The Kier molecular flexibility index (Phi) is 6.89. The lowest BCUT2D eigenvalue weighted by Gasteiger charge is -2.34. The number of amides is 1. The van der Waals surface area contributed by atoms with Crippen LogP contribution in [0.25, 0.3) is 17.1 Å². The number of furan rings is 1. The first kappa shape index (κ1) is 23.5. The molecule has 1 amide bonds. The van der Waals surface area contributed by atoms with E-state index in [1.807, 2.05) is 13.8 Å². The molecule has 4 rings (SSSR count). The number of nitrogens with one attached hydrogen (secondary N) is 1. The Balaban J connectivity index is 1.47. The molecule has 1 aliphatic heterocycles. The maximum Gasteiger partial charge on any atom is 0.271 e. The van der Waals surface area contributed by atoms with Crippen molar-refractivity contribution in [3.8, 4) is 17.1 Å². The lowest BCUT2D eigenvalue weighted by molar-refractivity contribution is -0.0440. The maximum atomic E-state index is 12.8. The van der Waals surface area contributed by atoms with Crippen LogP contribution in [0, 0.1) is 0 Å². The second kappa shape index (κ2) is 9.68. The Hall–Kier alpha value is -2.66. The zero-order valence-corrected chi connectivity index (χ0v) is 19.8. The number of benzene rings is 1. The fourth-order valence-corrected chi connectivity index (χ4v) is 5.36. The van der Waals surface area contributed by atoms with Crippen molar-refractivity contribution in [2.24, 2.45) is 0 Å². The van der Waals surface area contributed by atoms with E-state index < -0.39 is 15.9 Å². The van der Waals surface area contributed by atoms with Gasteiger partial charge in [0.05, 0.1) is 29.9 Å². The van der Waals surface area contributed by atoms with Gasteiger partial charge in [0.1, 0.15) is 5.69 Å². The summed E-state index contributed by atoms with van der Waals surface area (Å²) < 4.78 is 39.5. The van der Waals surface area contributed by atoms with Crippen molar-refractivity contribution >= 4 is 27.5 Å². The lowest BCUT2D eigenvalue weighted by atomic mass is 10.2. The maximum absolute atomic E-state index is 12.8. The molecule has 0 aliphatic carbocycles. The first-order valence-corrected chi connectivity index (χ1v) is 12.5. The highest BCUT2D eigenvalue weighted by molar-refractivity contribution is 7.89. The molecule has 1 aromatic carbocycles. The summed E-state index contributed by atoms with van der Waals surface area (Å²) in [6.07, 6.45) is 1.19. The number of nitrogens with zero attached hydrogens (tertiary/aromatic N) is 3. The largest absolute Gasteiger partial charge is 0.463 e. The monoisotopic (exact) mass is 492 g/mol. The van der Waals surface area contributed by atoms with Gasteiger partial charge in [0.15, 0.2) is 11.5 Å². The number of halogens is 1. The van der Waals surface area contributed by atoms with Gasteiger partial charge in [0.2, 0.25) is 10.0 Å². The number of ether oxygens (including phenoxy) is 1. The topological polar surface area (TPSA) is 107 Å². The molecule has 0 bridgehead atoms. The molecule has 33 heavy (non-hydrogen) atoms. The van der Waals surface area contributed by atoms with Crippen LogP contribution in [0.4, 0.5) is 0 Å². The summed E-state index contributed by atoms with van der Waals surface area (Å²) >= 11 is 5.99. The molecule has 1 saturated heterocycles. The molecule has 0 radical (unpaired) electrons. The molecule has 176 valence electrons. The summed E-state index contributed by atoms with van der Waals surface area (Å²) in [5.74, 6) is -0.148. The van der Waals surface area contributed by atoms with Crippen LogP contribution >= 0.6 is 11.6 Å². The average Bonchev–Trinajstić information content (AvgIpc) is 3.43. The number of rotatable bonds is 7. The summed E-state index contributed by atoms with van der Waals surface area (Å²) in [5.41, 5.74) is 1.42. The lowest BCUT2D eigenvalue weighted by Crippen LogP contribution is -2.49. The highest BCUT2D eigenvalue weighted by Crippen LogP contribution is 2.25. The van der Waals surface area contributed by atoms with Crippen molar-refractivity contribution in [2.75, 3.05) is 25.4 Å². The van der Waals surface area contributed by atoms with E-state index in [0.29, 0.717) is 35.3 Å². The van der Waals surface area contributed by atoms with Crippen LogP contribution in [0.3, 0.4) is 0 Å². The minimum Gasteiger partial charge on any atom is -0.463 e. The van der Waals surface area contributed by atoms with Crippen molar-refractivity contribution in [3.63, 3.8) is 0 Å². The molecule has 2 unspecified atom stereocenters. The summed E-state index contributed by atoms with van der Waals surface area (Å²) in [6.45, 7) is 4.25. The normalized spacial score (nSPS) is 19.5. The number of morpholine rings is 1.